The summed E-state index contributed by atoms with van der Waals surface area (Å²) < 4.78 is 0. The molecule has 27 heavy (non-hydrogen) atoms. The number of Topliss-reactive ketones (excluding diaryl/α,β-unsaturated/α-hetero) is 1. The minimum atomic E-state index is -0.153. The van der Waals surface area contributed by atoms with Crippen LogP contribution in [0.15, 0.2) is 48.5 Å². The van der Waals surface area contributed by atoms with Crippen LogP contribution in [0, 0.1) is 0 Å². The van der Waals surface area contributed by atoms with Crippen molar-refractivity contribution in [3.63, 3.8) is 0 Å². The smallest absolute Gasteiger partial charge is 0.223 e. The quantitative estimate of drug-likeness (QED) is 0.704. The summed E-state index contributed by atoms with van der Waals surface area (Å²) in [5.74, 6) is -0.300. The first-order valence-corrected chi connectivity index (χ1v) is 9.15. The maximum absolute atomic E-state index is 12.1. The SMILES string of the molecule is CC(=O)c1ccc(N(CCC(=O)NCCc2ccc(Cl)cc2)C(C)=O)cc1. The number of benzene rings is 2. The minimum absolute atomic E-state index is 0.0315. The van der Waals surface area contributed by atoms with Crippen molar-refractivity contribution in [1.29, 1.82) is 0 Å². The van der Waals surface area contributed by atoms with Crippen LogP contribution in [-0.4, -0.2) is 30.7 Å². The third kappa shape index (κ3) is 6.53. The molecule has 0 radical (unpaired) electrons. The molecule has 0 aromatic heterocycles. The Labute approximate surface area is 164 Å². The molecule has 0 unspecified atom stereocenters. The molecule has 5 nitrogen and oxygen atoms in total. The number of anilines is 1. The third-order valence-corrected chi connectivity index (χ3v) is 4.43. The number of rotatable bonds is 8. The Morgan fingerprint density at radius 2 is 1.59 bits per heavy atom. The molecule has 0 fully saturated rings. The first-order valence-electron chi connectivity index (χ1n) is 8.77. The molecule has 2 aromatic rings. The summed E-state index contributed by atoms with van der Waals surface area (Å²) in [4.78, 5) is 36.9. The molecule has 2 aromatic carbocycles. The molecule has 1 N–H and O–H groups in total. The second-order valence-corrected chi connectivity index (χ2v) is 6.69. The average molecular weight is 387 g/mol. The Kier molecular flexibility index (Phi) is 7.55. The molecule has 0 aliphatic rings. The topological polar surface area (TPSA) is 66.5 Å². The van der Waals surface area contributed by atoms with Gasteiger partial charge in [0.2, 0.25) is 11.8 Å². The van der Waals surface area contributed by atoms with Gasteiger partial charge >= 0.3 is 0 Å². The first-order chi connectivity index (χ1) is 12.9. The zero-order chi connectivity index (χ0) is 19.8. The molecule has 142 valence electrons. The van der Waals surface area contributed by atoms with E-state index >= 15 is 0 Å². The predicted octanol–water partition coefficient (Wildman–Crippen LogP) is 3.64. The Morgan fingerprint density at radius 1 is 0.963 bits per heavy atom. The van der Waals surface area contributed by atoms with Crippen molar-refractivity contribution < 1.29 is 14.4 Å². The molecular weight excluding hydrogens is 364 g/mol. The van der Waals surface area contributed by atoms with Gasteiger partial charge in [-0.1, -0.05) is 23.7 Å². The third-order valence-electron chi connectivity index (χ3n) is 4.18. The molecule has 2 amide bonds. The second kappa shape index (κ2) is 9.88. The lowest BCUT2D eigenvalue weighted by atomic mass is 10.1. The fourth-order valence-corrected chi connectivity index (χ4v) is 2.77. The fraction of sp³-hybridized carbons (Fsp3) is 0.286. The van der Waals surface area contributed by atoms with Crippen LogP contribution >= 0.6 is 11.6 Å². The van der Waals surface area contributed by atoms with Gasteiger partial charge in [0.05, 0.1) is 0 Å². The Balaban J connectivity index is 1.84. The average Bonchev–Trinajstić information content (AvgIpc) is 2.63. The number of amides is 2. The summed E-state index contributed by atoms with van der Waals surface area (Å²) in [6.45, 7) is 3.75. The van der Waals surface area contributed by atoms with Crippen LogP contribution in [0.2, 0.25) is 5.02 Å². The molecule has 0 saturated carbocycles. The number of ketones is 1. The number of nitrogens with one attached hydrogen (secondary N) is 1. The maximum Gasteiger partial charge on any atom is 0.223 e. The molecular formula is C21H23ClN2O3. The van der Waals surface area contributed by atoms with E-state index in [0.717, 1.165) is 5.56 Å². The minimum Gasteiger partial charge on any atom is -0.356 e. The van der Waals surface area contributed by atoms with E-state index in [1.54, 1.807) is 24.3 Å². The van der Waals surface area contributed by atoms with E-state index in [9.17, 15) is 14.4 Å². The van der Waals surface area contributed by atoms with Crippen LogP contribution in [0.5, 0.6) is 0 Å². The van der Waals surface area contributed by atoms with E-state index in [0.29, 0.717) is 29.2 Å². The van der Waals surface area contributed by atoms with Gasteiger partial charge in [-0.2, -0.15) is 0 Å². The van der Waals surface area contributed by atoms with Crippen molar-refractivity contribution >= 4 is 34.9 Å². The maximum atomic E-state index is 12.1. The van der Waals surface area contributed by atoms with Gasteiger partial charge in [-0.3, -0.25) is 14.4 Å². The summed E-state index contributed by atoms with van der Waals surface area (Å²) in [6, 6.07) is 14.3. The summed E-state index contributed by atoms with van der Waals surface area (Å²) in [5, 5.41) is 3.54. The monoisotopic (exact) mass is 386 g/mol. The van der Waals surface area contributed by atoms with Gasteiger partial charge in [0, 0.05) is 42.7 Å². The van der Waals surface area contributed by atoms with Crippen molar-refractivity contribution in [3.8, 4) is 0 Å². The van der Waals surface area contributed by atoms with Crippen molar-refractivity contribution in [1.82, 2.24) is 5.32 Å². The van der Waals surface area contributed by atoms with Gasteiger partial charge in [-0.05, 0) is 55.3 Å². The summed E-state index contributed by atoms with van der Waals surface area (Å²) in [5.41, 5.74) is 2.35. The van der Waals surface area contributed by atoms with Gasteiger partial charge in [0.25, 0.3) is 0 Å². The standard InChI is InChI=1S/C21H23ClN2O3/c1-15(25)18-5-9-20(10-6-18)24(16(2)26)14-12-21(27)23-13-11-17-3-7-19(22)8-4-17/h3-10H,11-14H2,1-2H3,(H,23,27). The van der Waals surface area contributed by atoms with Gasteiger partial charge in [-0.25, -0.2) is 0 Å². The molecule has 0 aliphatic heterocycles. The Bertz CT molecular complexity index is 801. The van der Waals surface area contributed by atoms with Gasteiger partial charge in [0.15, 0.2) is 5.78 Å². The molecule has 0 heterocycles. The molecule has 0 atom stereocenters. The van der Waals surface area contributed by atoms with Crippen LogP contribution in [0.4, 0.5) is 5.69 Å². The van der Waals surface area contributed by atoms with Crippen LogP contribution < -0.4 is 10.2 Å². The molecule has 0 saturated heterocycles. The highest BCUT2D eigenvalue weighted by molar-refractivity contribution is 6.30. The van der Waals surface area contributed by atoms with E-state index in [2.05, 4.69) is 5.32 Å². The largest absolute Gasteiger partial charge is 0.356 e. The first kappa shape index (κ1) is 20.6. The number of hydrogen-bond donors (Lipinski definition) is 1. The fourth-order valence-electron chi connectivity index (χ4n) is 2.64. The number of hydrogen-bond acceptors (Lipinski definition) is 3. The van der Waals surface area contributed by atoms with Gasteiger partial charge < -0.3 is 10.2 Å². The molecule has 0 bridgehead atoms. The number of nitrogens with zero attached hydrogens (tertiary/aromatic N) is 1. The van der Waals surface area contributed by atoms with Gasteiger partial charge in [0.1, 0.15) is 0 Å². The Hall–Kier alpha value is -2.66. The van der Waals surface area contributed by atoms with Crippen LogP contribution in [0.1, 0.15) is 36.2 Å². The van der Waals surface area contributed by atoms with Crippen molar-refractivity contribution in [2.24, 2.45) is 0 Å². The number of carbonyl (C=O) groups is 3. The van der Waals surface area contributed by atoms with Crippen molar-refractivity contribution in [2.75, 3.05) is 18.0 Å². The van der Waals surface area contributed by atoms with Crippen LogP contribution in [0.3, 0.4) is 0 Å². The zero-order valence-electron chi connectivity index (χ0n) is 15.5. The summed E-state index contributed by atoms with van der Waals surface area (Å²) in [7, 11) is 0. The van der Waals surface area contributed by atoms with Gasteiger partial charge in [-0.15, -0.1) is 0 Å². The molecule has 0 aliphatic carbocycles. The highest BCUT2D eigenvalue weighted by Crippen LogP contribution is 2.16. The van der Waals surface area contributed by atoms with E-state index < -0.39 is 0 Å². The predicted molar refractivity (Wildman–Crippen MR) is 107 cm³/mol. The lowest BCUT2D eigenvalue weighted by molar-refractivity contribution is -0.121. The highest BCUT2D eigenvalue weighted by Gasteiger charge is 2.14. The molecule has 2 rings (SSSR count). The number of halogens is 1. The number of carbonyl (C=O) groups excluding carboxylic acids is 3. The van der Waals surface area contributed by atoms with Crippen molar-refractivity contribution in [2.45, 2.75) is 26.7 Å². The zero-order valence-corrected chi connectivity index (χ0v) is 16.3. The Morgan fingerprint density at radius 3 is 2.15 bits per heavy atom. The lowest BCUT2D eigenvalue weighted by Gasteiger charge is -2.21. The van der Waals surface area contributed by atoms with E-state index in [1.165, 1.54) is 18.7 Å². The van der Waals surface area contributed by atoms with E-state index in [1.807, 2.05) is 24.3 Å². The normalized spacial score (nSPS) is 10.3. The van der Waals surface area contributed by atoms with E-state index in [-0.39, 0.29) is 30.6 Å². The molecule has 0 spiro atoms. The summed E-state index contributed by atoms with van der Waals surface area (Å²) in [6.07, 6.45) is 0.917. The molecule has 6 heteroatoms. The highest BCUT2D eigenvalue weighted by atomic mass is 35.5. The van der Waals surface area contributed by atoms with Crippen LogP contribution in [-0.2, 0) is 16.0 Å². The van der Waals surface area contributed by atoms with Crippen molar-refractivity contribution in [3.05, 3.63) is 64.7 Å². The van der Waals surface area contributed by atoms with Crippen LogP contribution in [0.25, 0.3) is 0 Å². The summed E-state index contributed by atoms with van der Waals surface area (Å²) >= 11 is 5.85. The second-order valence-electron chi connectivity index (χ2n) is 6.25. The lowest BCUT2D eigenvalue weighted by Crippen LogP contribution is -2.34. The van der Waals surface area contributed by atoms with E-state index in [4.69, 9.17) is 11.6 Å².